The highest BCUT2D eigenvalue weighted by Crippen LogP contribution is 2.40. The summed E-state index contributed by atoms with van der Waals surface area (Å²) >= 11 is 0. The van der Waals surface area contributed by atoms with E-state index in [2.05, 4.69) is 10.6 Å². The van der Waals surface area contributed by atoms with Gasteiger partial charge in [0.05, 0.1) is 18.9 Å². The van der Waals surface area contributed by atoms with Crippen molar-refractivity contribution in [2.24, 2.45) is 17.3 Å². The predicted octanol–water partition coefficient (Wildman–Crippen LogP) is 2.27. The first-order valence-corrected chi connectivity index (χ1v) is 8.29. The molecule has 1 saturated heterocycles. The monoisotopic (exact) mass is 342 g/mol. The van der Waals surface area contributed by atoms with Crippen LogP contribution in [0, 0.1) is 17.3 Å². The standard InChI is InChI=1S/C19H22N2O4/c1-19(2)9-14-17(15(22)10-19)13(8-16(23)21-14)18(24)20-11-4-6-12(25-3)7-5-11/h4-7,9,13,17H,8,10H2,1-3H3,(H,20,24)(H,21,23)/t13-,17+/m1/s1. The fraction of sp³-hybridized carbons (Fsp3) is 0.421. The fourth-order valence-electron chi connectivity index (χ4n) is 3.53. The van der Waals surface area contributed by atoms with Crippen molar-refractivity contribution in [3.8, 4) is 5.75 Å². The molecule has 6 heteroatoms. The summed E-state index contributed by atoms with van der Waals surface area (Å²) in [6.45, 7) is 3.89. The van der Waals surface area contributed by atoms with Crippen molar-refractivity contribution in [1.82, 2.24) is 5.32 Å². The minimum atomic E-state index is -0.689. The number of anilines is 1. The smallest absolute Gasteiger partial charge is 0.229 e. The zero-order valence-electron chi connectivity index (χ0n) is 14.6. The van der Waals surface area contributed by atoms with Crippen molar-refractivity contribution < 1.29 is 19.1 Å². The van der Waals surface area contributed by atoms with E-state index >= 15 is 0 Å². The molecule has 1 aromatic carbocycles. The van der Waals surface area contributed by atoms with Gasteiger partial charge in [0.1, 0.15) is 11.5 Å². The Morgan fingerprint density at radius 3 is 2.56 bits per heavy atom. The number of nitrogens with one attached hydrogen (secondary N) is 2. The molecule has 1 aromatic rings. The number of hydrogen-bond acceptors (Lipinski definition) is 4. The average molecular weight is 342 g/mol. The Labute approximate surface area is 146 Å². The number of carbonyl (C=O) groups excluding carboxylic acids is 3. The molecule has 0 bridgehead atoms. The molecule has 6 nitrogen and oxygen atoms in total. The quantitative estimate of drug-likeness (QED) is 0.882. The van der Waals surface area contributed by atoms with E-state index in [1.54, 1.807) is 31.4 Å². The lowest BCUT2D eigenvalue weighted by Gasteiger charge is -2.38. The van der Waals surface area contributed by atoms with Gasteiger partial charge in [-0.2, -0.15) is 0 Å². The van der Waals surface area contributed by atoms with Gasteiger partial charge in [0.2, 0.25) is 11.8 Å². The van der Waals surface area contributed by atoms with Crippen molar-refractivity contribution in [2.45, 2.75) is 26.7 Å². The van der Waals surface area contributed by atoms with Gasteiger partial charge in [-0.05, 0) is 29.7 Å². The number of rotatable bonds is 3. The van der Waals surface area contributed by atoms with Gasteiger partial charge in [0.25, 0.3) is 0 Å². The van der Waals surface area contributed by atoms with Gasteiger partial charge in [0, 0.05) is 24.2 Å². The van der Waals surface area contributed by atoms with Crippen LogP contribution in [0.4, 0.5) is 5.69 Å². The number of methoxy groups -OCH3 is 1. The SMILES string of the molecule is COc1ccc(NC(=O)[C@@H]2CC(=O)NC3=CC(C)(C)CC(=O)[C@H]32)cc1. The van der Waals surface area contributed by atoms with E-state index in [0.29, 0.717) is 23.6 Å². The lowest BCUT2D eigenvalue weighted by atomic mass is 9.69. The highest BCUT2D eigenvalue weighted by molar-refractivity contribution is 6.02. The van der Waals surface area contributed by atoms with Crippen LogP contribution in [0.25, 0.3) is 0 Å². The van der Waals surface area contributed by atoms with Gasteiger partial charge in [-0.25, -0.2) is 0 Å². The molecular weight excluding hydrogens is 320 g/mol. The normalized spacial score (nSPS) is 24.7. The summed E-state index contributed by atoms with van der Waals surface area (Å²) in [6, 6.07) is 6.93. The van der Waals surface area contributed by atoms with Gasteiger partial charge >= 0.3 is 0 Å². The zero-order valence-corrected chi connectivity index (χ0v) is 14.6. The number of benzene rings is 1. The molecule has 3 rings (SSSR count). The zero-order chi connectivity index (χ0) is 18.2. The van der Waals surface area contributed by atoms with E-state index < -0.39 is 11.8 Å². The second kappa shape index (κ2) is 6.35. The molecule has 1 fully saturated rings. The van der Waals surface area contributed by atoms with Crippen LogP contribution < -0.4 is 15.4 Å². The topological polar surface area (TPSA) is 84.5 Å². The maximum absolute atomic E-state index is 12.7. The first-order valence-electron chi connectivity index (χ1n) is 8.29. The molecule has 0 spiro atoms. The Balaban J connectivity index is 1.83. The molecule has 0 unspecified atom stereocenters. The molecule has 0 aromatic heterocycles. The molecule has 0 saturated carbocycles. The highest BCUT2D eigenvalue weighted by atomic mass is 16.5. The molecule has 0 radical (unpaired) electrons. The number of fused-ring (bicyclic) bond motifs is 1. The maximum atomic E-state index is 12.7. The summed E-state index contributed by atoms with van der Waals surface area (Å²) in [6.07, 6.45) is 2.28. The van der Waals surface area contributed by atoms with Crippen LogP contribution in [0.5, 0.6) is 5.75 Å². The molecule has 1 heterocycles. The Kier molecular flexibility index (Phi) is 4.37. The third-order valence-electron chi connectivity index (χ3n) is 4.64. The summed E-state index contributed by atoms with van der Waals surface area (Å²) in [4.78, 5) is 37.4. The third kappa shape index (κ3) is 3.57. The van der Waals surface area contributed by atoms with E-state index in [9.17, 15) is 14.4 Å². The van der Waals surface area contributed by atoms with Crippen LogP contribution in [-0.4, -0.2) is 24.7 Å². The first-order chi connectivity index (χ1) is 11.8. The lowest BCUT2D eigenvalue weighted by Crippen LogP contribution is -2.49. The summed E-state index contributed by atoms with van der Waals surface area (Å²) < 4.78 is 5.09. The van der Waals surface area contributed by atoms with Crippen molar-refractivity contribution in [1.29, 1.82) is 0 Å². The van der Waals surface area contributed by atoms with Crippen LogP contribution >= 0.6 is 0 Å². The van der Waals surface area contributed by atoms with E-state index in [1.165, 1.54) is 0 Å². The number of piperidine rings is 1. The van der Waals surface area contributed by atoms with E-state index in [0.717, 1.165) is 0 Å². The minimum absolute atomic E-state index is 0.00243. The second-order valence-electron chi connectivity index (χ2n) is 7.29. The molecule has 132 valence electrons. The summed E-state index contributed by atoms with van der Waals surface area (Å²) in [5.74, 6) is -1.14. The van der Waals surface area contributed by atoms with Crippen molar-refractivity contribution in [3.05, 3.63) is 36.0 Å². The number of allylic oxidation sites excluding steroid dienone is 2. The Hall–Kier alpha value is -2.63. The number of ether oxygens (including phenoxy) is 1. The minimum Gasteiger partial charge on any atom is -0.497 e. The highest BCUT2D eigenvalue weighted by Gasteiger charge is 2.45. The molecule has 1 aliphatic carbocycles. The van der Waals surface area contributed by atoms with Crippen LogP contribution in [0.3, 0.4) is 0 Å². The number of amides is 2. The molecule has 25 heavy (non-hydrogen) atoms. The van der Waals surface area contributed by atoms with Gasteiger partial charge in [-0.15, -0.1) is 0 Å². The van der Waals surface area contributed by atoms with Crippen molar-refractivity contribution >= 4 is 23.3 Å². The van der Waals surface area contributed by atoms with Gasteiger partial charge in [0.15, 0.2) is 0 Å². The first kappa shape index (κ1) is 17.2. The Morgan fingerprint density at radius 1 is 1.24 bits per heavy atom. The largest absolute Gasteiger partial charge is 0.497 e. The van der Waals surface area contributed by atoms with E-state index in [-0.39, 0.29) is 29.4 Å². The average Bonchev–Trinajstić information content (AvgIpc) is 2.53. The lowest BCUT2D eigenvalue weighted by molar-refractivity contribution is -0.136. The molecule has 2 atom stereocenters. The number of ketones is 1. The number of carbonyl (C=O) groups is 3. The van der Waals surface area contributed by atoms with Crippen LogP contribution in [-0.2, 0) is 14.4 Å². The predicted molar refractivity (Wildman–Crippen MR) is 92.9 cm³/mol. The van der Waals surface area contributed by atoms with Crippen molar-refractivity contribution in [3.63, 3.8) is 0 Å². The van der Waals surface area contributed by atoms with E-state index in [4.69, 9.17) is 4.74 Å². The number of hydrogen-bond donors (Lipinski definition) is 2. The van der Waals surface area contributed by atoms with Crippen LogP contribution in [0.1, 0.15) is 26.7 Å². The third-order valence-corrected chi connectivity index (χ3v) is 4.64. The van der Waals surface area contributed by atoms with Crippen molar-refractivity contribution in [2.75, 3.05) is 12.4 Å². The summed E-state index contributed by atoms with van der Waals surface area (Å²) in [5, 5.41) is 5.58. The maximum Gasteiger partial charge on any atom is 0.229 e. The Morgan fingerprint density at radius 2 is 1.92 bits per heavy atom. The van der Waals surface area contributed by atoms with E-state index in [1.807, 2.05) is 19.9 Å². The molecule has 1 aliphatic heterocycles. The Bertz CT molecular complexity index is 749. The molecule has 2 amide bonds. The number of Topliss-reactive ketones (excluding diaryl/α,β-unsaturated/α-hetero) is 1. The van der Waals surface area contributed by atoms with Crippen LogP contribution in [0.15, 0.2) is 36.0 Å². The van der Waals surface area contributed by atoms with Crippen LogP contribution in [0.2, 0.25) is 0 Å². The molecule has 2 N–H and O–H groups in total. The summed E-state index contributed by atoms with van der Waals surface area (Å²) in [7, 11) is 1.57. The summed E-state index contributed by atoms with van der Waals surface area (Å²) in [5.41, 5.74) is 0.850. The fourth-order valence-corrected chi connectivity index (χ4v) is 3.53. The molecular formula is C19H22N2O4. The second-order valence-corrected chi connectivity index (χ2v) is 7.29. The van der Waals surface area contributed by atoms with Gasteiger partial charge < -0.3 is 15.4 Å². The van der Waals surface area contributed by atoms with Gasteiger partial charge in [-0.1, -0.05) is 19.9 Å². The van der Waals surface area contributed by atoms with Gasteiger partial charge in [-0.3, -0.25) is 14.4 Å². The molecule has 2 aliphatic rings.